The van der Waals surface area contributed by atoms with Gasteiger partial charge < -0.3 is 19.8 Å². The molecule has 2 N–H and O–H groups in total. The highest BCUT2D eigenvalue weighted by atomic mass is 16.5. The van der Waals surface area contributed by atoms with Crippen LogP contribution in [0.1, 0.15) is 17.1 Å². The Hall–Kier alpha value is -4.13. The van der Waals surface area contributed by atoms with Gasteiger partial charge in [0.1, 0.15) is 11.5 Å². The van der Waals surface area contributed by atoms with E-state index >= 15 is 0 Å². The highest BCUT2D eigenvalue weighted by molar-refractivity contribution is 6.08. The van der Waals surface area contributed by atoms with Gasteiger partial charge in [-0.1, -0.05) is 12.1 Å². The maximum atomic E-state index is 12.2. The zero-order valence-corrected chi connectivity index (χ0v) is 15.3. The summed E-state index contributed by atoms with van der Waals surface area (Å²) in [4.78, 5) is 28.0. The number of aromatic nitrogens is 1. The van der Waals surface area contributed by atoms with Gasteiger partial charge in [-0.05, 0) is 48.0 Å². The Balaban J connectivity index is 1.38. The molecule has 2 aromatic heterocycles. The number of benzene rings is 1. The van der Waals surface area contributed by atoms with E-state index in [1.54, 1.807) is 42.7 Å². The number of fused-ring (bicyclic) bond motifs is 1. The minimum Gasteiger partial charge on any atom is -0.457 e. The van der Waals surface area contributed by atoms with Gasteiger partial charge in [-0.3, -0.25) is 14.6 Å². The number of rotatable bonds is 5. The summed E-state index contributed by atoms with van der Waals surface area (Å²) in [7, 11) is 0. The molecule has 7 nitrogen and oxygen atoms in total. The van der Waals surface area contributed by atoms with Crippen LogP contribution in [0, 0.1) is 0 Å². The van der Waals surface area contributed by atoms with Crippen molar-refractivity contribution >= 4 is 29.7 Å². The van der Waals surface area contributed by atoms with Gasteiger partial charge in [-0.2, -0.15) is 0 Å². The Bertz CT molecular complexity index is 1100. The average Bonchev–Trinajstić information content (AvgIpc) is 3.19. The molecule has 4 rings (SSSR count). The fourth-order valence-corrected chi connectivity index (χ4v) is 2.67. The van der Waals surface area contributed by atoms with Crippen LogP contribution in [0.5, 0.6) is 5.75 Å². The van der Waals surface area contributed by atoms with Crippen LogP contribution in [0.25, 0.3) is 12.2 Å². The van der Waals surface area contributed by atoms with Crippen LogP contribution in [0.15, 0.2) is 77.2 Å². The van der Waals surface area contributed by atoms with Crippen molar-refractivity contribution in [3.63, 3.8) is 0 Å². The number of nitrogens with zero attached hydrogens (tertiary/aromatic N) is 1. The van der Waals surface area contributed by atoms with Gasteiger partial charge in [0.2, 0.25) is 5.91 Å². The Morgan fingerprint density at radius 2 is 1.86 bits per heavy atom. The Morgan fingerprint density at radius 1 is 1.07 bits per heavy atom. The van der Waals surface area contributed by atoms with Crippen molar-refractivity contribution in [2.45, 2.75) is 6.54 Å². The summed E-state index contributed by atoms with van der Waals surface area (Å²) in [6, 6.07) is 14.2. The van der Waals surface area contributed by atoms with Gasteiger partial charge in [-0.15, -0.1) is 0 Å². The standard InChI is InChI=1S/C22H17N3O4/c26-21(24-14-15-9-11-23-12-10-15)8-7-16-5-6-17(28-16)13-20-22(27)25-18-3-1-2-4-19(18)29-20/h1-13H,14H2,(H,24,26)(H,25,27)/b8-7+,20-13-. The second-order valence-electron chi connectivity index (χ2n) is 6.21. The van der Waals surface area contributed by atoms with Gasteiger partial charge in [0.05, 0.1) is 5.69 Å². The monoisotopic (exact) mass is 387 g/mol. The molecule has 0 radical (unpaired) electrons. The number of para-hydroxylation sites is 2. The van der Waals surface area contributed by atoms with Gasteiger partial charge in [0.25, 0.3) is 5.91 Å². The van der Waals surface area contributed by atoms with Crippen molar-refractivity contribution in [2.75, 3.05) is 5.32 Å². The number of carbonyl (C=O) groups is 2. The zero-order valence-electron chi connectivity index (χ0n) is 15.3. The van der Waals surface area contributed by atoms with E-state index in [2.05, 4.69) is 15.6 Å². The fourth-order valence-electron chi connectivity index (χ4n) is 2.67. The lowest BCUT2D eigenvalue weighted by Crippen LogP contribution is -2.23. The second-order valence-corrected chi connectivity index (χ2v) is 6.21. The topological polar surface area (TPSA) is 93.5 Å². The van der Waals surface area contributed by atoms with Crippen LogP contribution < -0.4 is 15.4 Å². The zero-order chi connectivity index (χ0) is 20.1. The van der Waals surface area contributed by atoms with E-state index in [-0.39, 0.29) is 17.6 Å². The van der Waals surface area contributed by atoms with Crippen LogP contribution in [0.2, 0.25) is 0 Å². The summed E-state index contributed by atoms with van der Waals surface area (Å²) in [6.07, 6.45) is 7.79. The molecule has 3 heterocycles. The first-order chi connectivity index (χ1) is 14.2. The molecule has 7 heteroatoms. The number of furan rings is 1. The molecule has 0 atom stereocenters. The first-order valence-electron chi connectivity index (χ1n) is 8.92. The summed E-state index contributed by atoms with van der Waals surface area (Å²) in [5, 5.41) is 5.54. The number of amides is 2. The number of anilines is 1. The third-order valence-electron chi connectivity index (χ3n) is 4.11. The second kappa shape index (κ2) is 8.26. The van der Waals surface area contributed by atoms with Crippen molar-refractivity contribution in [3.8, 4) is 5.75 Å². The first-order valence-corrected chi connectivity index (χ1v) is 8.92. The number of hydrogen-bond donors (Lipinski definition) is 2. The number of nitrogens with one attached hydrogen (secondary N) is 2. The lowest BCUT2D eigenvalue weighted by Gasteiger charge is -2.19. The normalized spacial score (nSPS) is 14.3. The van der Waals surface area contributed by atoms with Gasteiger partial charge in [0, 0.05) is 31.1 Å². The molecule has 0 aliphatic carbocycles. The van der Waals surface area contributed by atoms with Crippen LogP contribution in [0.3, 0.4) is 0 Å². The van der Waals surface area contributed by atoms with Gasteiger partial charge in [0.15, 0.2) is 11.5 Å². The van der Waals surface area contributed by atoms with Crippen molar-refractivity contribution in [2.24, 2.45) is 0 Å². The first kappa shape index (κ1) is 18.2. The van der Waals surface area contributed by atoms with E-state index in [9.17, 15) is 9.59 Å². The number of carbonyl (C=O) groups excluding carboxylic acids is 2. The molecule has 1 aliphatic rings. The maximum Gasteiger partial charge on any atom is 0.291 e. The maximum absolute atomic E-state index is 12.2. The van der Waals surface area contributed by atoms with Gasteiger partial charge >= 0.3 is 0 Å². The van der Waals surface area contributed by atoms with Crippen LogP contribution >= 0.6 is 0 Å². The third-order valence-corrected chi connectivity index (χ3v) is 4.11. The van der Waals surface area contributed by atoms with Crippen molar-refractivity contribution in [1.29, 1.82) is 0 Å². The van der Waals surface area contributed by atoms with Gasteiger partial charge in [-0.25, -0.2) is 0 Å². The minimum absolute atomic E-state index is 0.128. The van der Waals surface area contributed by atoms with Crippen LogP contribution in [-0.4, -0.2) is 16.8 Å². The molecule has 0 saturated carbocycles. The summed E-state index contributed by atoms with van der Waals surface area (Å²) in [5.41, 5.74) is 1.58. The molecule has 29 heavy (non-hydrogen) atoms. The summed E-state index contributed by atoms with van der Waals surface area (Å²) < 4.78 is 11.3. The third kappa shape index (κ3) is 4.59. The van der Waals surface area contributed by atoms with E-state index in [1.165, 1.54) is 12.2 Å². The molecule has 0 unspecified atom stereocenters. The molecule has 0 saturated heterocycles. The largest absolute Gasteiger partial charge is 0.457 e. The van der Waals surface area contributed by atoms with Crippen LogP contribution in [0.4, 0.5) is 5.69 Å². The lowest BCUT2D eigenvalue weighted by atomic mass is 10.2. The van der Waals surface area contributed by atoms with Crippen LogP contribution in [-0.2, 0) is 16.1 Å². The molecule has 0 spiro atoms. The molecule has 144 valence electrons. The molecule has 0 bridgehead atoms. The highest BCUT2D eigenvalue weighted by Gasteiger charge is 2.21. The predicted octanol–water partition coefficient (Wildman–Crippen LogP) is 3.38. The van der Waals surface area contributed by atoms with E-state index in [1.807, 2.05) is 24.3 Å². The SMILES string of the molecule is O=C(/C=C/c1ccc(/C=C2\Oc3ccccc3NC2=O)o1)NCc1ccncc1. The lowest BCUT2D eigenvalue weighted by molar-refractivity contribution is -0.116. The molecule has 1 aromatic carbocycles. The Labute approximate surface area is 166 Å². The summed E-state index contributed by atoms with van der Waals surface area (Å²) in [5.74, 6) is 1.01. The molecular formula is C22H17N3O4. The Kier molecular flexibility index (Phi) is 5.20. The van der Waals surface area contributed by atoms with E-state index in [0.717, 1.165) is 5.56 Å². The molecule has 2 amide bonds. The van der Waals surface area contributed by atoms with E-state index in [4.69, 9.17) is 9.15 Å². The number of pyridine rings is 1. The molecule has 0 fully saturated rings. The van der Waals surface area contributed by atoms with Crippen molar-refractivity contribution in [3.05, 3.63) is 89.8 Å². The molecular weight excluding hydrogens is 370 g/mol. The van der Waals surface area contributed by atoms with Crippen molar-refractivity contribution in [1.82, 2.24) is 10.3 Å². The summed E-state index contributed by atoms with van der Waals surface area (Å²) in [6.45, 7) is 0.412. The quantitative estimate of drug-likeness (QED) is 0.655. The smallest absolute Gasteiger partial charge is 0.291 e. The number of ether oxygens (including phenoxy) is 1. The fraction of sp³-hybridized carbons (Fsp3) is 0.0455. The molecule has 1 aliphatic heterocycles. The Morgan fingerprint density at radius 3 is 2.72 bits per heavy atom. The highest BCUT2D eigenvalue weighted by Crippen LogP contribution is 2.30. The van der Waals surface area contributed by atoms with E-state index in [0.29, 0.717) is 29.5 Å². The summed E-state index contributed by atoms with van der Waals surface area (Å²) >= 11 is 0. The predicted molar refractivity (Wildman–Crippen MR) is 108 cm³/mol. The average molecular weight is 387 g/mol. The minimum atomic E-state index is -0.354. The van der Waals surface area contributed by atoms with E-state index < -0.39 is 0 Å². The molecule has 3 aromatic rings. The number of hydrogen-bond acceptors (Lipinski definition) is 5. The van der Waals surface area contributed by atoms with Crippen molar-refractivity contribution < 1.29 is 18.7 Å².